The summed E-state index contributed by atoms with van der Waals surface area (Å²) < 4.78 is 11.5. The van der Waals surface area contributed by atoms with Crippen molar-refractivity contribution in [3.05, 3.63) is 90.5 Å². The summed E-state index contributed by atoms with van der Waals surface area (Å²) >= 11 is 0. The molecule has 4 aromatic rings. The molecule has 0 saturated carbocycles. The Morgan fingerprint density at radius 1 is 0.889 bits per heavy atom. The molecule has 0 fully saturated rings. The van der Waals surface area contributed by atoms with Crippen LogP contribution in [0.4, 0.5) is 10.7 Å². The molecule has 27 heavy (non-hydrogen) atoms. The van der Waals surface area contributed by atoms with Crippen molar-refractivity contribution in [2.24, 2.45) is 0 Å². The number of fused-ring (bicyclic) bond motifs is 1. The van der Waals surface area contributed by atoms with Crippen molar-refractivity contribution >= 4 is 22.9 Å². The molecule has 3 aromatic carbocycles. The zero-order valence-electron chi connectivity index (χ0n) is 15.0. The van der Waals surface area contributed by atoms with Crippen LogP contribution < -0.4 is 4.90 Å². The van der Waals surface area contributed by atoms with E-state index in [2.05, 4.69) is 0 Å². The predicted octanol–water partition coefficient (Wildman–Crippen LogP) is 5.87. The molecule has 0 radical (unpaired) electrons. The lowest BCUT2D eigenvalue weighted by molar-refractivity contribution is 0.147. The monoisotopic (exact) mass is 357 g/mol. The predicted molar refractivity (Wildman–Crippen MR) is 107 cm³/mol. The topological polar surface area (TPSA) is 42.7 Å². The lowest BCUT2D eigenvalue weighted by Gasteiger charge is -2.16. The SMILES string of the molecule is CN(C(=O)OCc1ccccc1)c1oc2ccccc2c1-c1ccccc1. The maximum absolute atomic E-state index is 12.6. The summed E-state index contributed by atoms with van der Waals surface area (Å²) in [5.74, 6) is 0.473. The second kappa shape index (κ2) is 7.38. The molecule has 0 saturated heterocycles. The summed E-state index contributed by atoms with van der Waals surface area (Å²) in [4.78, 5) is 14.0. The molecular formula is C23H19NO3. The molecule has 4 heteroatoms. The van der Waals surface area contributed by atoms with Crippen LogP contribution >= 0.6 is 0 Å². The Kier molecular flexibility index (Phi) is 4.62. The van der Waals surface area contributed by atoms with Crippen LogP contribution in [0.5, 0.6) is 0 Å². The number of hydrogen-bond acceptors (Lipinski definition) is 3. The molecule has 0 aliphatic rings. The smallest absolute Gasteiger partial charge is 0.416 e. The Labute approximate surface area is 157 Å². The van der Waals surface area contributed by atoms with Crippen LogP contribution in [0.1, 0.15) is 5.56 Å². The van der Waals surface area contributed by atoms with E-state index in [1.807, 2.05) is 84.9 Å². The zero-order valence-corrected chi connectivity index (χ0v) is 15.0. The Morgan fingerprint density at radius 2 is 1.52 bits per heavy atom. The van der Waals surface area contributed by atoms with Crippen LogP contribution in [0, 0.1) is 0 Å². The number of carbonyl (C=O) groups excluding carboxylic acids is 1. The fraction of sp³-hybridized carbons (Fsp3) is 0.0870. The van der Waals surface area contributed by atoms with Crippen LogP contribution in [-0.4, -0.2) is 13.1 Å². The van der Waals surface area contributed by atoms with Crippen LogP contribution in [0.15, 0.2) is 89.3 Å². The van der Waals surface area contributed by atoms with E-state index in [1.165, 1.54) is 4.90 Å². The minimum atomic E-state index is -0.463. The van der Waals surface area contributed by atoms with E-state index in [0.717, 1.165) is 27.7 Å². The van der Waals surface area contributed by atoms with Crippen LogP contribution in [0.2, 0.25) is 0 Å². The van der Waals surface area contributed by atoms with E-state index in [1.54, 1.807) is 7.05 Å². The van der Waals surface area contributed by atoms with Crippen molar-refractivity contribution in [3.63, 3.8) is 0 Å². The van der Waals surface area contributed by atoms with Crippen molar-refractivity contribution in [1.29, 1.82) is 0 Å². The Bertz CT molecular complexity index is 1050. The van der Waals surface area contributed by atoms with Crippen molar-refractivity contribution in [2.75, 3.05) is 11.9 Å². The van der Waals surface area contributed by atoms with Gasteiger partial charge in [0, 0.05) is 12.4 Å². The van der Waals surface area contributed by atoms with Gasteiger partial charge in [0.1, 0.15) is 12.2 Å². The van der Waals surface area contributed by atoms with Crippen LogP contribution in [0.25, 0.3) is 22.1 Å². The number of furan rings is 1. The number of ether oxygens (including phenoxy) is 1. The fourth-order valence-corrected chi connectivity index (χ4v) is 3.05. The van der Waals surface area contributed by atoms with Gasteiger partial charge in [0.2, 0.25) is 5.88 Å². The van der Waals surface area contributed by atoms with Gasteiger partial charge in [0.25, 0.3) is 0 Å². The molecule has 0 spiro atoms. The van der Waals surface area contributed by atoms with Gasteiger partial charge >= 0.3 is 6.09 Å². The number of rotatable bonds is 4. The average molecular weight is 357 g/mol. The standard InChI is InChI=1S/C23H19NO3/c1-24(23(25)26-16-17-10-4-2-5-11-17)22-21(18-12-6-3-7-13-18)19-14-8-9-15-20(19)27-22/h2-15H,16H2,1H3. The van der Waals surface area contributed by atoms with Crippen molar-refractivity contribution in [1.82, 2.24) is 0 Å². The van der Waals surface area contributed by atoms with Gasteiger partial charge in [-0.1, -0.05) is 78.9 Å². The summed E-state index contributed by atoms with van der Waals surface area (Å²) in [6, 6.07) is 27.3. The molecule has 1 aromatic heterocycles. The normalized spacial score (nSPS) is 10.7. The van der Waals surface area contributed by atoms with Gasteiger partial charge in [-0.15, -0.1) is 0 Å². The van der Waals surface area contributed by atoms with Gasteiger partial charge in [0.15, 0.2) is 0 Å². The summed E-state index contributed by atoms with van der Waals surface area (Å²) in [5.41, 5.74) is 3.53. The second-order valence-electron chi connectivity index (χ2n) is 6.24. The molecule has 0 unspecified atom stereocenters. The van der Waals surface area contributed by atoms with Gasteiger partial charge in [-0.25, -0.2) is 9.69 Å². The van der Waals surface area contributed by atoms with Crippen molar-refractivity contribution in [2.45, 2.75) is 6.61 Å². The molecule has 1 heterocycles. The molecule has 0 aliphatic carbocycles. The minimum absolute atomic E-state index is 0.213. The minimum Gasteiger partial charge on any atom is -0.444 e. The van der Waals surface area contributed by atoms with E-state index in [9.17, 15) is 4.79 Å². The summed E-state index contributed by atoms with van der Waals surface area (Å²) in [6.07, 6.45) is -0.463. The average Bonchev–Trinajstić information content (AvgIpc) is 3.12. The number of benzene rings is 3. The molecule has 1 amide bonds. The number of carbonyl (C=O) groups is 1. The lowest BCUT2D eigenvalue weighted by Crippen LogP contribution is -2.27. The first-order valence-electron chi connectivity index (χ1n) is 8.75. The number of para-hydroxylation sites is 1. The highest BCUT2D eigenvalue weighted by Gasteiger charge is 2.23. The van der Waals surface area contributed by atoms with E-state index in [-0.39, 0.29) is 6.61 Å². The maximum Gasteiger partial charge on any atom is 0.416 e. The van der Waals surface area contributed by atoms with Gasteiger partial charge in [-0.05, 0) is 17.2 Å². The van der Waals surface area contributed by atoms with Gasteiger partial charge < -0.3 is 9.15 Å². The maximum atomic E-state index is 12.6. The second-order valence-corrected chi connectivity index (χ2v) is 6.24. The largest absolute Gasteiger partial charge is 0.444 e. The van der Waals surface area contributed by atoms with Crippen LogP contribution in [-0.2, 0) is 11.3 Å². The first kappa shape index (κ1) is 16.9. The number of nitrogens with zero attached hydrogens (tertiary/aromatic N) is 1. The molecule has 0 atom stereocenters. The Morgan fingerprint density at radius 3 is 2.26 bits per heavy atom. The van der Waals surface area contributed by atoms with Gasteiger partial charge in [0.05, 0.1) is 5.56 Å². The third-order valence-corrected chi connectivity index (χ3v) is 4.42. The third kappa shape index (κ3) is 3.42. The first-order valence-corrected chi connectivity index (χ1v) is 8.75. The molecule has 4 nitrogen and oxygen atoms in total. The molecule has 0 N–H and O–H groups in total. The Balaban J connectivity index is 1.67. The molecule has 0 aliphatic heterocycles. The number of anilines is 1. The quantitative estimate of drug-likeness (QED) is 0.458. The van der Waals surface area contributed by atoms with Crippen LogP contribution in [0.3, 0.4) is 0 Å². The van der Waals surface area contributed by atoms with Gasteiger partial charge in [-0.3, -0.25) is 0 Å². The summed E-state index contributed by atoms with van der Waals surface area (Å²) in [7, 11) is 1.66. The highest BCUT2D eigenvalue weighted by Crippen LogP contribution is 2.40. The third-order valence-electron chi connectivity index (χ3n) is 4.42. The lowest BCUT2D eigenvalue weighted by atomic mass is 10.0. The van der Waals surface area contributed by atoms with E-state index >= 15 is 0 Å². The molecule has 4 rings (SSSR count). The van der Waals surface area contributed by atoms with Crippen molar-refractivity contribution in [3.8, 4) is 11.1 Å². The highest BCUT2D eigenvalue weighted by atomic mass is 16.6. The fourth-order valence-electron chi connectivity index (χ4n) is 3.05. The summed E-state index contributed by atoms with van der Waals surface area (Å²) in [6.45, 7) is 0.213. The number of hydrogen-bond donors (Lipinski definition) is 0. The zero-order chi connectivity index (χ0) is 18.6. The highest BCUT2D eigenvalue weighted by molar-refractivity contribution is 6.04. The van der Waals surface area contributed by atoms with E-state index in [0.29, 0.717) is 5.88 Å². The Hall–Kier alpha value is -3.53. The molecule has 0 bridgehead atoms. The summed E-state index contributed by atoms with van der Waals surface area (Å²) in [5, 5.41) is 0.960. The molecule has 134 valence electrons. The van der Waals surface area contributed by atoms with Crippen molar-refractivity contribution < 1.29 is 13.9 Å². The van der Waals surface area contributed by atoms with E-state index < -0.39 is 6.09 Å². The van der Waals surface area contributed by atoms with E-state index in [4.69, 9.17) is 9.15 Å². The first-order chi connectivity index (χ1) is 13.2. The number of amides is 1. The molecular weight excluding hydrogens is 338 g/mol. The van der Waals surface area contributed by atoms with Gasteiger partial charge in [-0.2, -0.15) is 0 Å².